The molecule has 0 amide bonds. The fourth-order valence-corrected chi connectivity index (χ4v) is 1.79. The number of fused-ring (bicyclic) bond motifs is 1. The lowest BCUT2D eigenvalue weighted by Crippen LogP contribution is -2.01. The van der Waals surface area contributed by atoms with E-state index in [2.05, 4.69) is 22.3 Å². The van der Waals surface area contributed by atoms with Gasteiger partial charge in [0.1, 0.15) is 12.4 Å². The number of hydrogen-bond donors (Lipinski definition) is 1. The standard InChI is InChI=1S/C12H10N2O/c1-3-9(11-6-7-13-14-11)10-4-2-8-15-12(10)5-1/h1-7H,8H2,(H,13,14). The number of ether oxygens (including phenoxy) is 1. The molecule has 15 heavy (non-hydrogen) atoms. The van der Waals surface area contributed by atoms with Crippen LogP contribution >= 0.6 is 0 Å². The average Bonchev–Trinajstić information content (AvgIpc) is 2.82. The van der Waals surface area contributed by atoms with Gasteiger partial charge in [-0.15, -0.1) is 0 Å². The molecule has 0 fully saturated rings. The van der Waals surface area contributed by atoms with Gasteiger partial charge in [0, 0.05) is 17.3 Å². The Kier molecular flexibility index (Phi) is 1.81. The molecule has 0 saturated carbocycles. The molecule has 0 saturated heterocycles. The molecule has 0 bridgehead atoms. The fourth-order valence-electron chi connectivity index (χ4n) is 1.79. The van der Waals surface area contributed by atoms with E-state index in [-0.39, 0.29) is 0 Å². The van der Waals surface area contributed by atoms with Crippen molar-refractivity contribution in [3.8, 4) is 17.0 Å². The van der Waals surface area contributed by atoms with Crippen molar-refractivity contribution in [3.63, 3.8) is 0 Å². The third-order valence-corrected chi connectivity index (χ3v) is 2.48. The van der Waals surface area contributed by atoms with Gasteiger partial charge in [-0.3, -0.25) is 5.10 Å². The van der Waals surface area contributed by atoms with Crippen molar-refractivity contribution in [1.29, 1.82) is 0 Å². The second kappa shape index (κ2) is 3.28. The summed E-state index contributed by atoms with van der Waals surface area (Å²) >= 11 is 0. The van der Waals surface area contributed by atoms with E-state index < -0.39 is 0 Å². The van der Waals surface area contributed by atoms with Crippen LogP contribution in [0.1, 0.15) is 5.56 Å². The van der Waals surface area contributed by atoms with Crippen molar-refractivity contribution in [1.82, 2.24) is 10.2 Å². The normalized spacial score (nSPS) is 13.3. The summed E-state index contributed by atoms with van der Waals surface area (Å²) in [6.07, 6.45) is 5.86. The van der Waals surface area contributed by atoms with Crippen LogP contribution in [0.15, 0.2) is 36.5 Å². The number of H-pyrrole nitrogens is 1. The molecule has 2 heterocycles. The first-order valence-corrected chi connectivity index (χ1v) is 4.87. The minimum Gasteiger partial charge on any atom is -0.489 e. The monoisotopic (exact) mass is 198 g/mol. The molecule has 0 spiro atoms. The lowest BCUT2D eigenvalue weighted by Gasteiger charge is -2.14. The highest BCUT2D eigenvalue weighted by Crippen LogP contribution is 2.32. The summed E-state index contributed by atoms with van der Waals surface area (Å²) in [4.78, 5) is 0. The number of hydrogen-bond acceptors (Lipinski definition) is 2. The zero-order chi connectivity index (χ0) is 10.1. The van der Waals surface area contributed by atoms with Crippen LogP contribution in [0.3, 0.4) is 0 Å². The van der Waals surface area contributed by atoms with E-state index >= 15 is 0 Å². The van der Waals surface area contributed by atoms with Crippen molar-refractivity contribution in [2.45, 2.75) is 0 Å². The number of nitrogens with zero attached hydrogens (tertiary/aromatic N) is 1. The molecule has 0 atom stereocenters. The molecule has 3 rings (SSSR count). The highest BCUT2D eigenvalue weighted by molar-refractivity contribution is 5.77. The Morgan fingerprint density at radius 1 is 1.27 bits per heavy atom. The largest absolute Gasteiger partial charge is 0.489 e. The van der Waals surface area contributed by atoms with E-state index in [9.17, 15) is 0 Å². The number of nitrogens with one attached hydrogen (secondary N) is 1. The van der Waals surface area contributed by atoms with Crippen molar-refractivity contribution in [2.75, 3.05) is 6.61 Å². The summed E-state index contributed by atoms with van der Waals surface area (Å²) in [6.45, 7) is 0.652. The summed E-state index contributed by atoms with van der Waals surface area (Å²) in [5.74, 6) is 0.935. The van der Waals surface area contributed by atoms with Crippen molar-refractivity contribution in [2.24, 2.45) is 0 Å². The Balaban J connectivity index is 2.21. The summed E-state index contributed by atoms with van der Waals surface area (Å²) < 4.78 is 5.54. The average molecular weight is 198 g/mol. The third-order valence-electron chi connectivity index (χ3n) is 2.48. The molecule has 3 nitrogen and oxygen atoms in total. The Hall–Kier alpha value is -2.03. The van der Waals surface area contributed by atoms with Gasteiger partial charge in [-0.25, -0.2) is 0 Å². The van der Waals surface area contributed by atoms with Crippen LogP contribution in [0.4, 0.5) is 0 Å². The van der Waals surface area contributed by atoms with Gasteiger partial charge in [0.2, 0.25) is 0 Å². The molecular formula is C12H10N2O. The Morgan fingerprint density at radius 3 is 3.13 bits per heavy atom. The first-order valence-electron chi connectivity index (χ1n) is 4.87. The van der Waals surface area contributed by atoms with Crippen molar-refractivity contribution in [3.05, 3.63) is 42.1 Å². The van der Waals surface area contributed by atoms with Crippen molar-refractivity contribution >= 4 is 6.08 Å². The van der Waals surface area contributed by atoms with Gasteiger partial charge in [-0.05, 0) is 18.2 Å². The summed E-state index contributed by atoms with van der Waals surface area (Å²) in [7, 11) is 0. The molecule has 1 aliphatic heterocycles. The second-order valence-electron chi connectivity index (χ2n) is 3.40. The summed E-state index contributed by atoms with van der Waals surface area (Å²) in [5.41, 5.74) is 3.26. The SMILES string of the molecule is C1=Cc2c(cccc2-c2ccn[nH]2)OC1. The molecular weight excluding hydrogens is 188 g/mol. The molecule has 0 aliphatic carbocycles. The van der Waals surface area contributed by atoms with E-state index in [1.165, 1.54) is 0 Å². The molecule has 74 valence electrons. The maximum Gasteiger partial charge on any atom is 0.127 e. The summed E-state index contributed by atoms with van der Waals surface area (Å²) in [5, 5.41) is 6.92. The van der Waals surface area contributed by atoms with E-state index in [4.69, 9.17) is 4.74 Å². The third kappa shape index (κ3) is 1.32. The van der Waals surface area contributed by atoms with E-state index in [1.54, 1.807) is 6.20 Å². The summed E-state index contributed by atoms with van der Waals surface area (Å²) in [6, 6.07) is 8.00. The first kappa shape index (κ1) is 8.29. The van der Waals surface area contributed by atoms with Gasteiger partial charge in [0.15, 0.2) is 0 Å². The lowest BCUT2D eigenvalue weighted by atomic mass is 10.0. The molecule has 1 aromatic carbocycles. The molecule has 3 heteroatoms. The quantitative estimate of drug-likeness (QED) is 0.764. The fraction of sp³-hybridized carbons (Fsp3) is 0.0833. The van der Waals surface area contributed by atoms with Gasteiger partial charge in [-0.1, -0.05) is 18.2 Å². The lowest BCUT2D eigenvalue weighted by molar-refractivity contribution is 0.359. The molecule has 0 radical (unpaired) electrons. The van der Waals surface area contributed by atoms with Gasteiger partial charge >= 0.3 is 0 Å². The van der Waals surface area contributed by atoms with Crippen molar-refractivity contribution < 1.29 is 4.74 Å². The first-order chi connectivity index (χ1) is 7.45. The number of benzene rings is 1. The van der Waals surface area contributed by atoms with E-state index in [0.29, 0.717) is 6.61 Å². The van der Waals surface area contributed by atoms with Crippen LogP contribution in [-0.2, 0) is 0 Å². The predicted octanol–water partition coefficient (Wildman–Crippen LogP) is 2.48. The van der Waals surface area contributed by atoms with Crippen LogP contribution in [-0.4, -0.2) is 16.8 Å². The van der Waals surface area contributed by atoms with Gasteiger partial charge in [-0.2, -0.15) is 5.10 Å². The number of aromatic nitrogens is 2. The van der Waals surface area contributed by atoms with E-state index in [1.807, 2.05) is 24.3 Å². The zero-order valence-electron chi connectivity index (χ0n) is 8.10. The van der Waals surface area contributed by atoms with Crippen LogP contribution in [0.25, 0.3) is 17.3 Å². The Morgan fingerprint density at radius 2 is 2.27 bits per heavy atom. The molecule has 1 aromatic heterocycles. The smallest absolute Gasteiger partial charge is 0.127 e. The predicted molar refractivity (Wildman–Crippen MR) is 58.6 cm³/mol. The van der Waals surface area contributed by atoms with Gasteiger partial charge in [0.05, 0.1) is 5.69 Å². The van der Waals surface area contributed by atoms with Crippen LogP contribution in [0, 0.1) is 0 Å². The highest BCUT2D eigenvalue weighted by atomic mass is 16.5. The zero-order valence-corrected chi connectivity index (χ0v) is 8.10. The van der Waals surface area contributed by atoms with Crippen LogP contribution in [0.5, 0.6) is 5.75 Å². The van der Waals surface area contributed by atoms with Gasteiger partial charge in [0.25, 0.3) is 0 Å². The Bertz CT molecular complexity index is 500. The van der Waals surface area contributed by atoms with Crippen LogP contribution in [0.2, 0.25) is 0 Å². The Labute approximate surface area is 87.4 Å². The molecule has 1 N–H and O–H groups in total. The van der Waals surface area contributed by atoms with E-state index in [0.717, 1.165) is 22.6 Å². The van der Waals surface area contributed by atoms with Crippen LogP contribution < -0.4 is 4.74 Å². The molecule has 1 aliphatic rings. The highest BCUT2D eigenvalue weighted by Gasteiger charge is 2.11. The minimum atomic E-state index is 0.652. The topological polar surface area (TPSA) is 37.9 Å². The van der Waals surface area contributed by atoms with Gasteiger partial charge < -0.3 is 4.74 Å². The number of rotatable bonds is 1. The maximum absolute atomic E-state index is 5.54. The minimum absolute atomic E-state index is 0.652. The number of aromatic amines is 1. The molecule has 2 aromatic rings. The second-order valence-corrected chi connectivity index (χ2v) is 3.40. The maximum atomic E-state index is 5.54. The molecule has 0 unspecified atom stereocenters.